The Morgan fingerprint density at radius 1 is 1.36 bits per heavy atom. The highest BCUT2D eigenvalue weighted by atomic mass is 16.2. The van der Waals surface area contributed by atoms with Crippen LogP contribution in [0.4, 0.5) is 0 Å². The zero-order chi connectivity index (χ0) is 17.8. The number of pyridine rings is 1. The average molecular weight is 343 g/mol. The molecule has 3 rings (SSSR count). The van der Waals surface area contributed by atoms with E-state index in [-0.39, 0.29) is 23.6 Å². The normalized spacial score (nSPS) is 14.0. The van der Waals surface area contributed by atoms with Crippen LogP contribution in [0.1, 0.15) is 45.6 Å². The molecular formula is C18H25N5O2. The van der Waals surface area contributed by atoms with E-state index in [2.05, 4.69) is 15.4 Å². The Balaban J connectivity index is 1.75. The molecule has 7 heteroatoms. The Bertz CT molecular complexity index is 773. The third kappa shape index (κ3) is 3.81. The fourth-order valence-electron chi connectivity index (χ4n) is 3.01. The Morgan fingerprint density at radius 3 is 2.72 bits per heavy atom. The van der Waals surface area contributed by atoms with Crippen LogP contribution >= 0.6 is 0 Å². The molecule has 0 atom stereocenters. The summed E-state index contributed by atoms with van der Waals surface area (Å²) in [6, 6.07) is 3.98. The summed E-state index contributed by atoms with van der Waals surface area (Å²) in [5.74, 6) is 0.741. The van der Waals surface area contributed by atoms with Crippen molar-refractivity contribution >= 4 is 5.91 Å². The predicted molar refractivity (Wildman–Crippen MR) is 95.1 cm³/mol. The van der Waals surface area contributed by atoms with E-state index in [1.54, 1.807) is 17.0 Å². The Hall–Kier alpha value is -2.44. The molecule has 25 heavy (non-hydrogen) atoms. The van der Waals surface area contributed by atoms with Crippen molar-refractivity contribution < 1.29 is 4.79 Å². The van der Waals surface area contributed by atoms with E-state index < -0.39 is 0 Å². The third-order valence-corrected chi connectivity index (χ3v) is 4.68. The number of nitrogens with one attached hydrogen (secondary N) is 1. The number of rotatable bonds is 8. The van der Waals surface area contributed by atoms with E-state index in [0.29, 0.717) is 18.9 Å². The van der Waals surface area contributed by atoms with Crippen LogP contribution in [-0.4, -0.2) is 31.8 Å². The number of nitrogens with zero attached hydrogens (tertiary/aromatic N) is 4. The van der Waals surface area contributed by atoms with Crippen molar-refractivity contribution in [1.29, 1.82) is 0 Å². The van der Waals surface area contributed by atoms with Crippen LogP contribution in [0.2, 0.25) is 0 Å². The quantitative estimate of drug-likeness (QED) is 0.795. The maximum Gasteiger partial charge on any atom is 0.346 e. The Kier molecular flexibility index (Phi) is 5.31. The van der Waals surface area contributed by atoms with Gasteiger partial charge in [0.05, 0.1) is 6.54 Å². The zero-order valence-electron chi connectivity index (χ0n) is 14.8. The van der Waals surface area contributed by atoms with E-state index in [1.807, 2.05) is 26.0 Å². The second kappa shape index (κ2) is 7.63. The van der Waals surface area contributed by atoms with Crippen LogP contribution < -0.4 is 11.0 Å². The van der Waals surface area contributed by atoms with Gasteiger partial charge in [0.15, 0.2) is 5.82 Å². The summed E-state index contributed by atoms with van der Waals surface area (Å²) in [6.45, 7) is 4.80. The van der Waals surface area contributed by atoms with Crippen LogP contribution in [0.5, 0.6) is 0 Å². The number of aromatic nitrogens is 4. The summed E-state index contributed by atoms with van der Waals surface area (Å²) in [5.41, 5.74) is 0.726. The third-order valence-electron chi connectivity index (χ3n) is 4.68. The van der Waals surface area contributed by atoms with E-state index in [4.69, 9.17) is 0 Å². The van der Waals surface area contributed by atoms with Gasteiger partial charge in [-0.05, 0) is 37.8 Å². The van der Waals surface area contributed by atoms with Gasteiger partial charge < -0.3 is 5.32 Å². The molecule has 0 unspecified atom stereocenters. The van der Waals surface area contributed by atoms with Gasteiger partial charge in [0, 0.05) is 36.5 Å². The zero-order valence-corrected chi connectivity index (χ0v) is 14.8. The molecule has 1 aliphatic rings. The molecule has 1 amide bonds. The lowest BCUT2D eigenvalue weighted by atomic mass is 10.0. The molecule has 2 aromatic heterocycles. The molecule has 2 heterocycles. The first-order valence-electron chi connectivity index (χ1n) is 9.03. The fraction of sp³-hybridized carbons (Fsp3) is 0.556. The highest BCUT2D eigenvalue weighted by molar-refractivity contribution is 5.78. The van der Waals surface area contributed by atoms with Crippen molar-refractivity contribution in [3.05, 3.63) is 35.0 Å². The Labute approximate surface area is 147 Å². The number of carbonyl (C=O) groups excluding carboxylic acids is 1. The lowest BCUT2D eigenvalue weighted by molar-refractivity contribution is -0.125. The van der Waals surface area contributed by atoms with Gasteiger partial charge >= 0.3 is 5.69 Å². The van der Waals surface area contributed by atoms with Crippen LogP contribution in [0.25, 0.3) is 11.4 Å². The lowest BCUT2D eigenvalue weighted by Crippen LogP contribution is -2.35. The molecule has 134 valence electrons. The van der Waals surface area contributed by atoms with Gasteiger partial charge in [0.2, 0.25) is 5.91 Å². The van der Waals surface area contributed by atoms with Crippen molar-refractivity contribution in [1.82, 2.24) is 24.6 Å². The molecule has 1 aliphatic carbocycles. The molecule has 0 bridgehead atoms. The summed E-state index contributed by atoms with van der Waals surface area (Å²) < 4.78 is 3.22. The number of carbonyl (C=O) groups is 1. The summed E-state index contributed by atoms with van der Waals surface area (Å²) in [6.07, 6.45) is 7.08. The van der Waals surface area contributed by atoms with Gasteiger partial charge in [0.25, 0.3) is 0 Å². The molecule has 7 nitrogen and oxygen atoms in total. The molecule has 0 spiro atoms. The summed E-state index contributed by atoms with van der Waals surface area (Å²) >= 11 is 0. The van der Waals surface area contributed by atoms with Crippen molar-refractivity contribution in [3.63, 3.8) is 0 Å². The monoisotopic (exact) mass is 343 g/mol. The number of amides is 1. The van der Waals surface area contributed by atoms with Gasteiger partial charge in [-0.3, -0.25) is 14.3 Å². The number of hydrogen-bond acceptors (Lipinski definition) is 4. The van der Waals surface area contributed by atoms with Gasteiger partial charge in [-0.1, -0.05) is 13.8 Å². The van der Waals surface area contributed by atoms with Crippen molar-refractivity contribution in [2.45, 2.75) is 52.1 Å². The molecule has 1 saturated carbocycles. The van der Waals surface area contributed by atoms with Gasteiger partial charge in [-0.2, -0.15) is 0 Å². The van der Waals surface area contributed by atoms with Crippen molar-refractivity contribution in [2.24, 2.45) is 5.92 Å². The largest absolute Gasteiger partial charge is 0.354 e. The van der Waals surface area contributed by atoms with Crippen LogP contribution in [-0.2, 0) is 11.3 Å². The highest BCUT2D eigenvalue weighted by Gasteiger charge is 2.30. The summed E-state index contributed by atoms with van der Waals surface area (Å²) in [5, 5.41) is 7.41. The predicted octanol–water partition coefficient (Wildman–Crippen LogP) is 1.99. The smallest absolute Gasteiger partial charge is 0.346 e. The van der Waals surface area contributed by atoms with Crippen LogP contribution in [0.15, 0.2) is 29.3 Å². The molecule has 1 fully saturated rings. The second-order valence-electron chi connectivity index (χ2n) is 6.48. The van der Waals surface area contributed by atoms with E-state index in [0.717, 1.165) is 31.2 Å². The Morgan fingerprint density at radius 2 is 2.12 bits per heavy atom. The van der Waals surface area contributed by atoms with E-state index in [9.17, 15) is 9.59 Å². The summed E-state index contributed by atoms with van der Waals surface area (Å²) in [4.78, 5) is 28.9. The molecule has 2 aromatic rings. The highest BCUT2D eigenvalue weighted by Crippen LogP contribution is 2.36. The minimum Gasteiger partial charge on any atom is -0.354 e. The molecule has 0 aliphatic heterocycles. The first kappa shape index (κ1) is 17.4. The topological polar surface area (TPSA) is 81.8 Å². The average Bonchev–Trinajstić information content (AvgIpc) is 3.41. The van der Waals surface area contributed by atoms with E-state index >= 15 is 0 Å². The SMILES string of the molecule is CCC(CC)C(=O)NCCn1nc(-c2cccnc2)n(C2CC2)c1=O. The minimum atomic E-state index is -0.113. The minimum absolute atomic E-state index is 0.0340. The van der Waals surface area contributed by atoms with Crippen LogP contribution in [0, 0.1) is 5.92 Å². The maximum absolute atomic E-state index is 12.7. The van der Waals surface area contributed by atoms with E-state index in [1.165, 1.54) is 4.68 Å². The maximum atomic E-state index is 12.7. The fourth-order valence-corrected chi connectivity index (χ4v) is 3.01. The molecule has 0 aromatic carbocycles. The first-order chi connectivity index (χ1) is 12.2. The first-order valence-corrected chi connectivity index (χ1v) is 9.03. The molecular weight excluding hydrogens is 318 g/mol. The number of hydrogen-bond donors (Lipinski definition) is 1. The summed E-state index contributed by atoms with van der Waals surface area (Å²) in [7, 11) is 0. The standard InChI is InChI=1S/C18H25N5O2/c1-3-13(4-2)17(24)20-10-11-22-18(25)23(15-7-8-15)16(21-22)14-6-5-9-19-12-14/h5-6,9,12-13,15H,3-4,7-8,10-11H2,1-2H3,(H,20,24). The van der Waals surface area contributed by atoms with Crippen molar-refractivity contribution in [2.75, 3.05) is 6.54 Å². The lowest BCUT2D eigenvalue weighted by Gasteiger charge is -2.12. The molecule has 1 N–H and O–H groups in total. The van der Waals surface area contributed by atoms with Crippen molar-refractivity contribution in [3.8, 4) is 11.4 Å². The second-order valence-corrected chi connectivity index (χ2v) is 6.48. The van der Waals surface area contributed by atoms with Gasteiger partial charge in [0.1, 0.15) is 0 Å². The van der Waals surface area contributed by atoms with Gasteiger partial charge in [-0.25, -0.2) is 9.48 Å². The molecule has 0 saturated heterocycles. The van der Waals surface area contributed by atoms with Crippen LogP contribution in [0.3, 0.4) is 0 Å². The molecule has 0 radical (unpaired) electrons. The van der Waals surface area contributed by atoms with Gasteiger partial charge in [-0.15, -0.1) is 5.10 Å².